The highest BCUT2D eigenvalue weighted by molar-refractivity contribution is 7.92. The van der Waals surface area contributed by atoms with Crippen LogP contribution >= 0.6 is 0 Å². The minimum absolute atomic E-state index is 0.00614. The Balaban J connectivity index is 0.831. The molecule has 6 aliphatic rings. The van der Waals surface area contributed by atoms with Crippen molar-refractivity contribution >= 4 is 27.5 Å². The second-order valence-electron chi connectivity index (χ2n) is 18.3. The van der Waals surface area contributed by atoms with Crippen molar-refractivity contribution in [3.8, 4) is 0 Å². The maximum absolute atomic E-state index is 15.0. The standard InChI is InChI=1S/C45H65FN6O5S/c1-57-44(54)47-42-12-6-11-41(42)45(33-50-23-8-24-50,36-9-5-10-37(46)27-36)35-18-25-49(26-19-35)28-34-29-51(30-34)38-14-16-39(17-15-38)58(55,56)40-31-52(32-40)43(53)13-7-22-48-20-3-2-4-21-48/h5,9-10,14-17,27,34-35,40-42H,2-4,6-8,11-13,18-26,28-33H2,1H3,(H,47,54)/t41-,42-,45-/m0/s1. The summed E-state index contributed by atoms with van der Waals surface area (Å²) in [5.41, 5.74) is 1.85. The largest absolute Gasteiger partial charge is 0.453 e. The molecule has 1 saturated carbocycles. The highest BCUT2D eigenvalue weighted by Crippen LogP contribution is 2.51. The Morgan fingerprint density at radius 2 is 1.55 bits per heavy atom. The van der Waals surface area contributed by atoms with Gasteiger partial charge in [0.15, 0.2) is 9.84 Å². The maximum atomic E-state index is 15.0. The first-order chi connectivity index (χ1) is 28.1. The molecule has 0 unspecified atom stereocenters. The van der Waals surface area contributed by atoms with E-state index in [0.29, 0.717) is 23.2 Å². The van der Waals surface area contributed by atoms with Crippen molar-refractivity contribution in [2.45, 2.75) is 92.2 Å². The lowest BCUT2D eigenvalue weighted by atomic mass is 9.57. The van der Waals surface area contributed by atoms with E-state index in [-0.39, 0.29) is 48.3 Å². The quantitative estimate of drug-likeness (QED) is 0.253. The molecule has 2 aromatic carbocycles. The van der Waals surface area contributed by atoms with Gasteiger partial charge in [0.2, 0.25) is 5.91 Å². The fourth-order valence-corrected chi connectivity index (χ4v) is 13.0. The van der Waals surface area contributed by atoms with Gasteiger partial charge in [0.05, 0.1) is 12.0 Å². The molecule has 0 spiro atoms. The fraction of sp³-hybridized carbons (Fsp3) is 0.689. The van der Waals surface area contributed by atoms with Gasteiger partial charge >= 0.3 is 6.09 Å². The van der Waals surface area contributed by atoms with E-state index >= 15 is 4.39 Å². The summed E-state index contributed by atoms with van der Waals surface area (Å²) in [6.45, 7) is 11.7. The van der Waals surface area contributed by atoms with Crippen LogP contribution in [0, 0.1) is 23.6 Å². The maximum Gasteiger partial charge on any atom is 0.407 e. The van der Waals surface area contributed by atoms with Gasteiger partial charge in [0.1, 0.15) is 11.1 Å². The van der Waals surface area contributed by atoms with Crippen molar-refractivity contribution in [3.05, 3.63) is 59.9 Å². The molecule has 5 aliphatic heterocycles. The molecule has 2 amide bonds. The monoisotopic (exact) mass is 820 g/mol. The summed E-state index contributed by atoms with van der Waals surface area (Å²) >= 11 is 0. The number of sulfone groups is 1. The average molecular weight is 821 g/mol. The Morgan fingerprint density at radius 3 is 2.22 bits per heavy atom. The van der Waals surface area contributed by atoms with Crippen molar-refractivity contribution in [1.82, 2.24) is 24.9 Å². The third-order valence-corrected chi connectivity index (χ3v) is 16.8. The molecule has 6 fully saturated rings. The van der Waals surface area contributed by atoms with E-state index < -0.39 is 15.1 Å². The van der Waals surface area contributed by atoms with Crippen molar-refractivity contribution in [2.24, 2.45) is 17.8 Å². The van der Waals surface area contributed by atoms with Gasteiger partial charge in [-0.1, -0.05) is 25.0 Å². The van der Waals surface area contributed by atoms with Gasteiger partial charge in [-0.2, -0.15) is 0 Å². The number of piperidine rings is 2. The molecule has 5 heterocycles. The van der Waals surface area contributed by atoms with Crippen LogP contribution in [0.5, 0.6) is 0 Å². The lowest BCUT2D eigenvalue weighted by Gasteiger charge is -2.54. The fourth-order valence-electron chi connectivity index (χ4n) is 11.3. The van der Waals surface area contributed by atoms with Crippen LogP contribution in [0.15, 0.2) is 53.4 Å². The van der Waals surface area contributed by atoms with Gasteiger partial charge in [0.25, 0.3) is 0 Å². The van der Waals surface area contributed by atoms with Crippen molar-refractivity contribution in [1.29, 1.82) is 0 Å². The minimum atomic E-state index is -3.50. The number of ether oxygens (including phenoxy) is 1. The average Bonchev–Trinajstić information content (AvgIpc) is 3.64. The zero-order valence-corrected chi connectivity index (χ0v) is 35.4. The Kier molecular flexibility index (Phi) is 13.0. The Morgan fingerprint density at radius 1 is 0.828 bits per heavy atom. The normalized spacial score (nSPS) is 25.4. The van der Waals surface area contributed by atoms with Crippen LogP contribution in [0.3, 0.4) is 0 Å². The van der Waals surface area contributed by atoms with Crippen LogP contribution in [0.4, 0.5) is 14.9 Å². The van der Waals surface area contributed by atoms with Crippen molar-refractivity contribution in [3.63, 3.8) is 0 Å². The van der Waals surface area contributed by atoms with Gasteiger partial charge in [-0.05, 0) is 151 Å². The third kappa shape index (κ3) is 8.93. The first-order valence-corrected chi connectivity index (χ1v) is 23.8. The zero-order chi connectivity index (χ0) is 40.3. The van der Waals surface area contributed by atoms with Gasteiger partial charge in [-0.3, -0.25) is 4.79 Å². The molecule has 0 radical (unpaired) electrons. The van der Waals surface area contributed by atoms with E-state index in [1.807, 2.05) is 18.2 Å². The molecular weight excluding hydrogens is 756 g/mol. The summed E-state index contributed by atoms with van der Waals surface area (Å²) in [6, 6.07) is 14.7. The molecule has 1 aliphatic carbocycles. The van der Waals surface area contributed by atoms with E-state index in [1.54, 1.807) is 29.2 Å². The number of alkyl carbamates (subject to hydrolysis) is 1. The minimum Gasteiger partial charge on any atom is -0.453 e. The number of likely N-dealkylation sites (tertiary alicyclic amines) is 4. The molecule has 3 atom stereocenters. The van der Waals surface area contributed by atoms with Crippen LogP contribution in [-0.2, 0) is 24.8 Å². The summed E-state index contributed by atoms with van der Waals surface area (Å²) < 4.78 is 47.0. The molecule has 13 heteroatoms. The van der Waals surface area contributed by atoms with Crippen LogP contribution in [-0.4, -0.2) is 144 Å². The third-order valence-electron chi connectivity index (χ3n) is 14.7. The number of methoxy groups -OCH3 is 1. The second kappa shape index (κ2) is 18.2. The molecule has 0 bridgehead atoms. The first kappa shape index (κ1) is 41.5. The Bertz CT molecular complexity index is 1820. The van der Waals surface area contributed by atoms with E-state index in [9.17, 15) is 18.0 Å². The predicted octanol–water partition coefficient (Wildman–Crippen LogP) is 5.39. The topological polar surface area (TPSA) is 106 Å². The summed E-state index contributed by atoms with van der Waals surface area (Å²) in [4.78, 5) is 37.2. The van der Waals surface area contributed by atoms with Crippen LogP contribution < -0.4 is 10.2 Å². The molecule has 318 valence electrons. The number of carbonyl (C=O) groups is 2. The Labute approximate surface area is 345 Å². The van der Waals surface area contributed by atoms with Crippen molar-refractivity contribution in [2.75, 3.05) is 97.1 Å². The number of carbonyl (C=O) groups excluding carboxylic acids is 2. The molecule has 0 aromatic heterocycles. The molecule has 11 nitrogen and oxygen atoms in total. The van der Waals surface area contributed by atoms with Crippen LogP contribution in [0.1, 0.15) is 76.2 Å². The van der Waals surface area contributed by atoms with Gasteiger partial charge in [0, 0.05) is 68.8 Å². The molecule has 1 N–H and O–H groups in total. The summed E-state index contributed by atoms with van der Waals surface area (Å²) in [5, 5.41) is 2.66. The second-order valence-corrected chi connectivity index (χ2v) is 20.5. The summed E-state index contributed by atoms with van der Waals surface area (Å²) in [5.74, 6) is 0.972. The van der Waals surface area contributed by atoms with E-state index in [0.717, 1.165) is 122 Å². The molecular formula is C45H65FN6O5S. The molecule has 2 aromatic rings. The van der Waals surface area contributed by atoms with Gasteiger partial charge in [-0.25, -0.2) is 17.6 Å². The highest BCUT2D eigenvalue weighted by Gasteiger charge is 2.53. The van der Waals surface area contributed by atoms with Crippen molar-refractivity contribution < 1.29 is 27.1 Å². The number of nitrogens with one attached hydrogen (secondary N) is 1. The molecule has 5 saturated heterocycles. The van der Waals surface area contributed by atoms with Crippen LogP contribution in [0.2, 0.25) is 0 Å². The number of halogens is 1. The molecule has 8 rings (SSSR count). The van der Waals surface area contributed by atoms with E-state index in [4.69, 9.17) is 4.74 Å². The number of hydrogen-bond donors (Lipinski definition) is 1. The predicted molar refractivity (Wildman–Crippen MR) is 224 cm³/mol. The number of benzene rings is 2. The Hall–Kier alpha value is -3.26. The van der Waals surface area contributed by atoms with E-state index in [1.165, 1.54) is 32.8 Å². The first-order valence-electron chi connectivity index (χ1n) is 22.3. The van der Waals surface area contributed by atoms with Gasteiger partial charge < -0.3 is 34.6 Å². The van der Waals surface area contributed by atoms with Gasteiger partial charge in [-0.15, -0.1) is 0 Å². The number of anilines is 1. The summed E-state index contributed by atoms with van der Waals surface area (Å²) in [6.07, 6.45) is 10.9. The SMILES string of the molecule is COC(=O)N[C@H]1CCC[C@@H]1[C@](CN1CCC1)(c1cccc(F)c1)C1CCN(CC2CN(c3ccc(S(=O)(=O)C4CN(C(=O)CCCN5CCCCC5)C4)cc3)C2)CC1. The highest BCUT2D eigenvalue weighted by atomic mass is 32.2. The number of nitrogens with zero attached hydrogens (tertiary/aromatic N) is 5. The smallest absolute Gasteiger partial charge is 0.407 e. The molecule has 58 heavy (non-hydrogen) atoms. The summed E-state index contributed by atoms with van der Waals surface area (Å²) in [7, 11) is -2.07. The lowest BCUT2D eigenvalue weighted by molar-refractivity contribution is -0.134. The number of rotatable bonds is 15. The van der Waals surface area contributed by atoms with E-state index in [2.05, 4.69) is 31.0 Å². The number of amides is 2. The van der Waals surface area contributed by atoms with Crippen LogP contribution in [0.25, 0.3) is 0 Å². The number of hydrogen-bond acceptors (Lipinski definition) is 9. The lowest BCUT2D eigenvalue weighted by Crippen LogP contribution is -2.60. The zero-order valence-electron chi connectivity index (χ0n) is 34.5.